The summed E-state index contributed by atoms with van der Waals surface area (Å²) in [5, 5.41) is 8.23. The standard InChI is InChI=1S/C19H28ClN5O/c1-4-21-19(22-11-5-6-16-14-23-25(3)15-16)24(2)12-13-26-18-9-7-17(20)8-10-18/h7-10,14-15H,4-6,11-13H2,1-3H3,(H,21,22). The molecule has 0 aliphatic heterocycles. The topological polar surface area (TPSA) is 54.7 Å². The summed E-state index contributed by atoms with van der Waals surface area (Å²) in [6.07, 6.45) is 5.94. The molecule has 1 aromatic carbocycles. The summed E-state index contributed by atoms with van der Waals surface area (Å²) in [7, 11) is 3.96. The molecule has 6 nitrogen and oxygen atoms in total. The van der Waals surface area contributed by atoms with Crippen LogP contribution in [0.1, 0.15) is 18.9 Å². The molecule has 0 atom stereocenters. The number of rotatable bonds is 9. The average molecular weight is 378 g/mol. The highest BCUT2D eigenvalue weighted by atomic mass is 35.5. The smallest absolute Gasteiger partial charge is 0.193 e. The van der Waals surface area contributed by atoms with Crippen molar-refractivity contribution < 1.29 is 4.74 Å². The Morgan fingerprint density at radius 2 is 2.12 bits per heavy atom. The van der Waals surface area contributed by atoms with Gasteiger partial charge in [0.2, 0.25) is 0 Å². The quantitative estimate of drug-likeness (QED) is 0.414. The van der Waals surface area contributed by atoms with Gasteiger partial charge < -0.3 is 15.0 Å². The largest absolute Gasteiger partial charge is 0.492 e. The molecular formula is C19H28ClN5O. The van der Waals surface area contributed by atoms with Gasteiger partial charge in [0.15, 0.2) is 5.96 Å². The number of guanidine groups is 1. The number of hydrogen-bond acceptors (Lipinski definition) is 3. The summed E-state index contributed by atoms with van der Waals surface area (Å²) in [5.74, 6) is 1.72. The highest BCUT2D eigenvalue weighted by Gasteiger charge is 2.06. The number of halogens is 1. The van der Waals surface area contributed by atoms with Gasteiger partial charge in [-0.3, -0.25) is 9.67 Å². The fourth-order valence-corrected chi connectivity index (χ4v) is 2.60. The van der Waals surface area contributed by atoms with Gasteiger partial charge in [-0.25, -0.2) is 0 Å². The molecular weight excluding hydrogens is 350 g/mol. The molecule has 0 aliphatic carbocycles. The minimum absolute atomic E-state index is 0.582. The van der Waals surface area contributed by atoms with Crippen molar-refractivity contribution in [1.82, 2.24) is 20.0 Å². The van der Waals surface area contributed by atoms with Crippen LogP contribution in [0.4, 0.5) is 0 Å². The van der Waals surface area contributed by atoms with Gasteiger partial charge in [-0.2, -0.15) is 5.10 Å². The van der Waals surface area contributed by atoms with E-state index in [0.29, 0.717) is 11.6 Å². The van der Waals surface area contributed by atoms with Crippen molar-refractivity contribution in [3.63, 3.8) is 0 Å². The number of benzene rings is 1. The molecule has 7 heteroatoms. The molecule has 0 amide bonds. The number of aliphatic imine (C=N–C) groups is 1. The summed E-state index contributed by atoms with van der Waals surface area (Å²) in [5.41, 5.74) is 1.25. The monoisotopic (exact) mass is 377 g/mol. The lowest BCUT2D eigenvalue weighted by Gasteiger charge is -2.22. The molecule has 2 rings (SSSR count). The van der Waals surface area contributed by atoms with E-state index in [2.05, 4.69) is 28.4 Å². The van der Waals surface area contributed by atoms with E-state index >= 15 is 0 Å². The summed E-state index contributed by atoms with van der Waals surface area (Å²) in [6.45, 7) is 5.02. The lowest BCUT2D eigenvalue weighted by atomic mass is 10.2. The maximum absolute atomic E-state index is 5.88. The normalized spacial score (nSPS) is 11.5. The fourth-order valence-electron chi connectivity index (χ4n) is 2.48. The van der Waals surface area contributed by atoms with E-state index in [4.69, 9.17) is 21.3 Å². The minimum atomic E-state index is 0.582. The van der Waals surface area contributed by atoms with Gasteiger partial charge in [-0.15, -0.1) is 0 Å². The van der Waals surface area contributed by atoms with Crippen LogP contribution in [0, 0.1) is 0 Å². The first-order valence-corrected chi connectivity index (χ1v) is 9.31. The Morgan fingerprint density at radius 3 is 2.77 bits per heavy atom. The van der Waals surface area contributed by atoms with Crippen LogP contribution in [-0.4, -0.2) is 53.9 Å². The van der Waals surface area contributed by atoms with E-state index in [9.17, 15) is 0 Å². The molecule has 2 aromatic rings. The van der Waals surface area contributed by atoms with Crippen molar-refractivity contribution in [1.29, 1.82) is 0 Å². The summed E-state index contributed by atoms with van der Waals surface area (Å²) >= 11 is 5.88. The number of ether oxygens (including phenoxy) is 1. The minimum Gasteiger partial charge on any atom is -0.492 e. The third-order valence-electron chi connectivity index (χ3n) is 3.85. The summed E-state index contributed by atoms with van der Waals surface area (Å²) in [6, 6.07) is 7.41. The molecule has 142 valence electrons. The maximum atomic E-state index is 5.88. The maximum Gasteiger partial charge on any atom is 0.193 e. The van der Waals surface area contributed by atoms with Crippen LogP contribution in [0.5, 0.6) is 5.75 Å². The summed E-state index contributed by atoms with van der Waals surface area (Å²) in [4.78, 5) is 6.79. The van der Waals surface area contributed by atoms with Crippen LogP contribution in [0.15, 0.2) is 41.7 Å². The van der Waals surface area contributed by atoms with E-state index in [1.54, 1.807) is 0 Å². The average Bonchev–Trinajstić information content (AvgIpc) is 3.04. The lowest BCUT2D eigenvalue weighted by Crippen LogP contribution is -2.41. The van der Waals surface area contributed by atoms with Crippen molar-refractivity contribution in [2.75, 3.05) is 33.3 Å². The molecule has 26 heavy (non-hydrogen) atoms. The zero-order valence-corrected chi connectivity index (χ0v) is 16.5. The highest BCUT2D eigenvalue weighted by Crippen LogP contribution is 2.15. The number of nitrogens with zero attached hydrogens (tertiary/aromatic N) is 4. The first kappa shape index (κ1) is 20.1. The number of aromatic nitrogens is 2. The zero-order valence-electron chi connectivity index (χ0n) is 15.8. The second-order valence-corrected chi connectivity index (χ2v) is 6.52. The van der Waals surface area contributed by atoms with E-state index in [1.165, 1.54) is 5.56 Å². The SMILES string of the molecule is CCNC(=NCCCc1cnn(C)c1)N(C)CCOc1ccc(Cl)cc1. The van der Waals surface area contributed by atoms with Crippen molar-refractivity contribution in [3.05, 3.63) is 47.2 Å². The van der Waals surface area contributed by atoms with Crippen LogP contribution in [0.2, 0.25) is 5.02 Å². The molecule has 0 saturated carbocycles. The molecule has 0 fully saturated rings. The van der Waals surface area contributed by atoms with Gasteiger partial charge >= 0.3 is 0 Å². The van der Waals surface area contributed by atoms with E-state index < -0.39 is 0 Å². The van der Waals surface area contributed by atoms with Crippen LogP contribution in [-0.2, 0) is 13.5 Å². The second kappa shape index (κ2) is 10.7. The highest BCUT2D eigenvalue weighted by molar-refractivity contribution is 6.30. The Balaban J connectivity index is 1.75. The Bertz CT molecular complexity index is 683. The third kappa shape index (κ3) is 6.96. The fraction of sp³-hybridized carbons (Fsp3) is 0.474. The van der Waals surface area contributed by atoms with Crippen molar-refractivity contribution in [2.45, 2.75) is 19.8 Å². The van der Waals surface area contributed by atoms with Gasteiger partial charge in [0.1, 0.15) is 12.4 Å². The van der Waals surface area contributed by atoms with Gasteiger partial charge in [0.05, 0.1) is 12.7 Å². The molecule has 0 unspecified atom stereocenters. The molecule has 0 spiro atoms. The Hall–Kier alpha value is -2.21. The number of aryl methyl sites for hydroxylation is 2. The second-order valence-electron chi connectivity index (χ2n) is 6.09. The first-order valence-electron chi connectivity index (χ1n) is 8.94. The van der Waals surface area contributed by atoms with E-state index in [-0.39, 0.29) is 0 Å². The van der Waals surface area contributed by atoms with Crippen molar-refractivity contribution in [3.8, 4) is 5.75 Å². The summed E-state index contributed by atoms with van der Waals surface area (Å²) < 4.78 is 7.58. The van der Waals surface area contributed by atoms with Crippen LogP contribution in [0.3, 0.4) is 0 Å². The van der Waals surface area contributed by atoms with Crippen LogP contribution >= 0.6 is 11.6 Å². The van der Waals surface area contributed by atoms with Gasteiger partial charge in [0, 0.05) is 38.4 Å². The number of likely N-dealkylation sites (N-methyl/N-ethyl adjacent to an activating group) is 1. The first-order chi connectivity index (χ1) is 12.6. The number of nitrogens with one attached hydrogen (secondary N) is 1. The Labute approximate surface area is 160 Å². The third-order valence-corrected chi connectivity index (χ3v) is 4.10. The molecule has 0 saturated heterocycles. The lowest BCUT2D eigenvalue weighted by molar-refractivity contribution is 0.281. The molecule has 0 bridgehead atoms. The molecule has 0 radical (unpaired) electrons. The van der Waals surface area contributed by atoms with Gasteiger partial charge in [0.25, 0.3) is 0 Å². The van der Waals surface area contributed by atoms with Gasteiger partial charge in [-0.05, 0) is 49.6 Å². The zero-order chi connectivity index (χ0) is 18.8. The van der Waals surface area contributed by atoms with Crippen molar-refractivity contribution in [2.24, 2.45) is 12.0 Å². The van der Waals surface area contributed by atoms with Crippen LogP contribution < -0.4 is 10.1 Å². The van der Waals surface area contributed by atoms with Crippen LogP contribution in [0.25, 0.3) is 0 Å². The van der Waals surface area contributed by atoms with E-state index in [1.807, 2.05) is 49.2 Å². The predicted octanol–water partition coefficient (Wildman–Crippen LogP) is 2.98. The number of hydrogen-bond donors (Lipinski definition) is 1. The molecule has 1 aromatic heterocycles. The molecule has 1 heterocycles. The van der Waals surface area contributed by atoms with Crippen molar-refractivity contribution >= 4 is 17.6 Å². The predicted molar refractivity (Wildman–Crippen MR) is 107 cm³/mol. The molecule has 1 N–H and O–H groups in total. The Kier molecular flexibility index (Phi) is 8.28. The van der Waals surface area contributed by atoms with Gasteiger partial charge in [-0.1, -0.05) is 11.6 Å². The Morgan fingerprint density at radius 1 is 1.35 bits per heavy atom. The van der Waals surface area contributed by atoms with E-state index in [0.717, 1.165) is 44.2 Å². The molecule has 0 aliphatic rings.